The van der Waals surface area contributed by atoms with Crippen LogP contribution >= 0.6 is 21.0 Å². The number of nitrogens with zero attached hydrogens (tertiary/aromatic N) is 3. The molecule has 0 spiro atoms. The highest BCUT2D eigenvalue weighted by molar-refractivity contribution is 7.14. The Labute approximate surface area is 149 Å². The monoisotopic (exact) mass is 386 g/mol. The molecule has 2 heterocycles. The van der Waals surface area contributed by atoms with Gasteiger partial charge in [0.05, 0.1) is 30.8 Å². The van der Waals surface area contributed by atoms with E-state index in [9.17, 15) is 8.78 Å². The van der Waals surface area contributed by atoms with Gasteiger partial charge in [0.25, 0.3) is 0 Å². The maximum atomic E-state index is 14.4. The van der Waals surface area contributed by atoms with Gasteiger partial charge in [-0.25, -0.2) is 18.2 Å². The van der Waals surface area contributed by atoms with Crippen LogP contribution in [0.25, 0.3) is 11.0 Å². The summed E-state index contributed by atoms with van der Waals surface area (Å²) in [5, 5.41) is 7.78. The molecule has 0 radical (unpaired) electrons. The third-order valence-corrected chi connectivity index (χ3v) is 4.48. The molecule has 1 aromatic carbocycles. The van der Waals surface area contributed by atoms with E-state index in [4.69, 9.17) is 21.1 Å². The summed E-state index contributed by atoms with van der Waals surface area (Å²) in [6, 6.07) is 1.14. The van der Waals surface area contributed by atoms with Gasteiger partial charge in [-0.15, -0.1) is 0 Å². The van der Waals surface area contributed by atoms with Gasteiger partial charge < -0.3 is 14.8 Å². The molecule has 0 saturated heterocycles. The first-order chi connectivity index (χ1) is 12.0. The molecule has 0 amide bonds. The van der Waals surface area contributed by atoms with Gasteiger partial charge in [0.2, 0.25) is 0 Å². The fourth-order valence-corrected chi connectivity index (χ4v) is 2.88. The van der Waals surface area contributed by atoms with E-state index in [2.05, 4.69) is 24.8 Å². The summed E-state index contributed by atoms with van der Waals surface area (Å²) < 4.78 is 40.0. The van der Waals surface area contributed by atoms with Gasteiger partial charge in [0.15, 0.2) is 28.8 Å². The van der Waals surface area contributed by atoms with Crippen molar-refractivity contribution < 1.29 is 18.3 Å². The van der Waals surface area contributed by atoms with E-state index in [-0.39, 0.29) is 23.7 Å². The zero-order chi connectivity index (χ0) is 18.1. The summed E-state index contributed by atoms with van der Waals surface area (Å²) in [7, 11) is 4.96. The number of ether oxygens (including phenoxy) is 2. The smallest absolute Gasteiger partial charge is 0.191 e. The maximum Gasteiger partial charge on any atom is 0.191 e. The van der Waals surface area contributed by atoms with Gasteiger partial charge in [0, 0.05) is 24.4 Å². The lowest BCUT2D eigenvalue weighted by atomic mass is 10.2. The number of nitrogens with one attached hydrogen (secondary N) is 1. The van der Waals surface area contributed by atoms with Gasteiger partial charge in [0.1, 0.15) is 5.69 Å². The van der Waals surface area contributed by atoms with Crippen molar-refractivity contribution in [1.29, 1.82) is 0 Å². The summed E-state index contributed by atoms with van der Waals surface area (Å²) >= 11 is 6.34. The Morgan fingerprint density at radius 3 is 2.44 bits per heavy atom. The highest BCUT2D eigenvalue weighted by Crippen LogP contribution is 2.35. The lowest BCUT2D eigenvalue weighted by Crippen LogP contribution is -2.07. The Hall–Kier alpha value is -2.18. The Morgan fingerprint density at radius 1 is 1.20 bits per heavy atom. The summed E-state index contributed by atoms with van der Waals surface area (Å²) in [5.74, 6) is -1.98. The first-order valence-electron chi connectivity index (χ1n) is 7.08. The van der Waals surface area contributed by atoms with E-state index < -0.39 is 11.6 Å². The predicted molar refractivity (Wildman–Crippen MR) is 94.4 cm³/mol. The fourth-order valence-electron chi connectivity index (χ4n) is 2.36. The number of hydrogen-bond acceptors (Lipinski definition) is 5. The third kappa shape index (κ3) is 3.07. The van der Waals surface area contributed by atoms with E-state index in [0.717, 1.165) is 6.07 Å². The lowest BCUT2D eigenvalue weighted by Gasteiger charge is -2.14. The van der Waals surface area contributed by atoms with Crippen LogP contribution in [-0.2, 0) is 6.54 Å². The minimum absolute atomic E-state index is 0.0496. The van der Waals surface area contributed by atoms with Crippen molar-refractivity contribution >= 4 is 37.7 Å². The molecular formula is C15H14ClF2N4O2P. The van der Waals surface area contributed by atoms with E-state index in [1.807, 2.05) is 0 Å². The molecule has 0 aliphatic carbocycles. The molecule has 132 valence electrons. The van der Waals surface area contributed by atoms with E-state index in [1.165, 1.54) is 24.9 Å². The Morgan fingerprint density at radius 2 is 1.84 bits per heavy atom. The number of aromatic nitrogens is 3. The fraction of sp³-hybridized carbons (Fsp3) is 0.200. The topological polar surface area (TPSA) is 61.2 Å². The van der Waals surface area contributed by atoms with Crippen LogP contribution in [0.5, 0.6) is 11.5 Å². The molecule has 2 aromatic heterocycles. The zero-order valence-corrected chi connectivity index (χ0v) is 15.2. The van der Waals surface area contributed by atoms with Crippen molar-refractivity contribution in [3.8, 4) is 11.5 Å². The Bertz CT molecular complexity index is 923. The summed E-state index contributed by atoms with van der Waals surface area (Å²) in [6.45, 7) is 0.0496. The SMILES string of the molecule is COc1cc(OC)c(F)c(NCc2cnc3c(cnn3P)c2Cl)c1F. The molecule has 10 heteroatoms. The van der Waals surface area contributed by atoms with Crippen molar-refractivity contribution in [3.05, 3.63) is 40.7 Å². The van der Waals surface area contributed by atoms with Crippen LogP contribution in [0, 0.1) is 11.6 Å². The molecule has 1 atom stereocenters. The number of hydrogen-bond donors (Lipinski definition) is 1. The Kier molecular flexibility index (Phi) is 4.92. The normalized spacial score (nSPS) is 11.0. The van der Waals surface area contributed by atoms with Gasteiger partial charge in [-0.1, -0.05) is 11.6 Å². The number of rotatable bonds is 5. The third-order valence-electron chi connectivity index (χ3n) is 3.66. The van der Waals surface area contributed by atoms with Crippen LogP contribution in [0.2, 0.25) is 5.02 Å². The lowest BCUT2D eigenvalue weighted by molar-refractivity contribution is 0.360. The second kappa shape index (κ2) is 6.98. The first-order valence-corrected chi connectivity index (χ1v) is 7.97. The van der Waals surface area contributed by atoms with Crippen molar-refractivity contribution in [1.82, 2.24) is 14.5 Å². The minimum Gasteiger partial charge on any atom is -0.493 e. The van der Waals surface area contributed by atoms with Crippen LogP contribution in [0.1, 0.15) is 5.56 Å². The highest BCUT2D eigenvalue weighted by Gasteiger charge is 2.20. The number of benzene rings is 1. The van der Waals surface area contributed by atoms with Gasteiger partial charge in [-0.2, -0.15) is 5.10 Å². The molecule has 0 aliphatic rings. The highest BCUT2D eigenvalue weighted by atomic mass is 35.5. The predicted octanol–water partition coefficient (Wildman–Crippen LogP) is 3.63. The molecule has 1 unspecified atom stereocenters. The zero-order valence-electron chi connectivity index (χ0n) is 13.3. The largest absolute Gasteiger partial charge is 0.493 e. The molecule has 0 saturated carbocycles. The number of fused-ring (bicyclic) bond motifs is 1. The van der Waals surface area contributed by atoms with Crippen LogP contribution in [0.4, 0.5) is 14.5 Å². The number of anilines is 1. The summed E-state index contributed by atoms with van der Waals surface area (Å²) in [5.41, 5.74) is 0.779. The maximum absolute atomic E-state index is 14.4. The van der Waals surface area contributed by atoms with Gasteiger partial charge in [-0.3, -0.25) is 0 Å². The molecule has 1 N–H and O–H groups in total. The number of pyridine rings is 1. The standard InChI is InChI=1S/C15H14ClF2N4O2P/c1-23-9-3-10(24-2)13(18)14(12(9)17)19-4-7-5-20-15-8(11(7)16)6-21-22(15)25/h3,5-6,19H,4,25H2,1-2H3. The molecule has 0 bridgehead atoms. The summed E-state index contributed by atoms with van der Waals surface area (Å²) in [4.78, 5) is 4.24. The molecule has 0 aliphatic heterocycles. The molecule has 6 nitrogen and oxygen atoms in total. The first kappa shape index (κ1) is 17.6. The van der Waals surface area contributed by atoms with Crippen molar-refractivity contribution in [2.75, 3.05) is 19.5 Å². The average Bonchev–Trinajstić information content (AvgIpc) is 2.98. The second-order valence-corrected chi connectivity index (χ2v) is 5.93. The van der Waals surface area contributed by atoms with Crippen molar-refractivity contribution in [3.63, 3.8) is 0 Å². The van der Waals surface area contributed by atoms with Crippen molar-refractivity contribution in [2.24, 2.45) is 0 Å². The molecule has 3 aromatic rings. The average molecular weight is 387 g/mol. The van der Waals surface area contributed by atoms with E-state index in [0.29, 0.717) is 21.6 Å². The molecule has 25 heavy (non-hydrogen) atoms. The van der Waals surface area contributed by atoms with E-state index >= 15 is 0 Å². The molecular weight excluding hydrogens is 373 g/mol. The second-order valence-electron chi connectivity index (χ2n) is 5.06. The quantitative estimate of drug-likeness (QED) is 0.678. The van der Waals surface area contributed by atoms with Crippen LogP contribution < -0.4 is 14.8 Å². The van der Waals surface area contributed by atoms with Crippen LogP contribution in [-0.4, -0.2) is 28.8 Å². The molecule has 3 rings (SSSR count). The minimum atomic E-state index is -0.858. The number of methoxy groups -OCH3 is 2. The van der Waals surface area contributed by atoms with Gasteiger partial charge >= 0.3 is 0 Å². The number of halogens is 3. The molecule has 0 fully saturated rings. The summed E-state index contributed by atoms with van der Waals surface area (Å²) in [6.07, 6.45) is 3.09. The van der Waals surface area contributed by atoms with Gasteiger partial charge in [-0.05, 0) is 9.39 Å². The van der Waals surface area contributed by atoms with E-state index in [1.54, 1.807) is 6.20 Å². The van der Waals surface area contributed by atoms with Crippen LogP contribution in [0.15, 0.2) is 18.5 Å². The van der Waals surface area contributed by atoms with Crippen molar-refractivity contribution in [2.45, 2.75) is 6.54 Å². The Balaban J connectivity index is 1.95. The van der Waals surface area contributed by atoms with Crippen LogP contribution in [0.3, 0.4) is 0 Å².